The first-order chi connectivity index (χ1) is 8.76. The normalized spacial score (nSPS) is 11.7. The molecule has 1 N–H and O–H groups in total. The van der Waals surface area contributed by atoms with Crippen LogP contribution in [0.4, 0.5) is 0 Å². The van der Waals surface area contributed by atoms with Crippen LogP contribution in [0, 0.1) is 5.41 Å². The molecule has 0 saturated heterocycles. The molecule has 0 spiro atoms. The summed E-state index contributed by atoms with van der Waals surface area (Å²) in [5.41, 5.74) is 1.81. The molecular weight excluding hydrogens is 222 g/mol. The van der Waals surface area contributed by atoms with Gasteiger partial charge in [-0.2, -0.15) is 0 Å². The zero-order valence-electron chi connectivity index (χ0n) is 12.0. The van der Waals surface area contributed by atoms with Gasteiger partial charge in [-0.05, 0) is 30.2 Å². The minimum absolute atomic E-state index is 0.370. The summed E-state index contributed by atoms with van der Waals surface area (Å²) in [4.78, 5) is 0. The van der Waals surface area contributed by atoms with Crippen molar-refractivity contribution in [3.63, 3.8) is 0 Å². The van der Waals surface area contributed by atoms with Crippen LogP contribution in [0.2, 0.25) is 0 Å². The van der Waals surface area contributed by atoms with Gasteiger partial charge in [-0.15, -0.1) is 0 Å². The molecule has 0 fully saturated rings. The highest BCUT2D eigenvalue weighted by Gasteiger charge is 2.25. The summed E-state index contributed by atoms with van der Waals surface area (Å²) in [7, 11) is 1.75. The molecule has 0 aliphatic heterocycles. The van der Waals surface area contributed by atoms with E-state index in [4.69, 9.17) is 4.74 Å². The first-order valence-corrected chi connectivity index (χ1v) is 7.00. The number of nitrogens with one attached hydrogen (secondary N) is 1. The molecule has 1 rings (SSSR count). The first kappa shape index (κ1) is 15.2. The van der Waals surface area contributed by atoms with Gasteiger partial charge in [-0.3, -0.25) is 0 Å². The third kappa shape index (κ3) is 4.79. The van der Waals surface area contributed by atoms with Gasteiger partial charge >= 0.3 is 0 Å². The van der Waals surface area contributed by atoms with Gasteiger partial charge in [0.2, 0.25) is 0 Å². The predicted molar refractivity (Wildman–Crippen MR) is 77.9 cm³/mol. The highest BCUT2D eigenvalue weighted by atomic mass is 16.5. The van der Waals surface area contributed by atoms with Crippen LogP contribution >= 0.6 is 0 Å². The fourth-order valence-corrected chi connectivity index (χ4v) is 2.37. The van der Waals surface area contributed by atoms with Crippen molar-refractivity contribution in [2.75, 3.05) is 26.8 Å². The molecule has 18 heavy (non-hydrogen) atoms. The summed E-state index contributed by atoms with van der Waals surface area (Å²) < 4.78 is 5.08. The standard InChI is InChI=1S/C16H27NO/c1-4-16(5-2,14-17-11-12-18-3)13-15-9-7-6-8-10-15/h6-10,17H,4-5,11-14H2,1-3H3. The van der Waals surface area contributed by atoms with Crippen molar-refractivity contribution in [3.05, 3.63) is 35.9 Å². The van der Waals surface area contributed by atoms with Crippen molar-refractivity contribution in [1.29, 1.82) is 0 Å². The van der Waals surface area contributed by atoms with E-state index in [0.29, 0.717) is 5.41 Å². The maximum atomic E-state index is 5.08. The maximum absolute atomic E-state index is 5.08. The first-order valence-electron chi connectivity index (χ1n) is 7.00. The van der Waals surface area contributed by atoms with Crippen molar-refractivity contribution >= 4 is 0 Å². The third-order valence-electron chi connectivity index (χ3n) is 3.90. The summed E-state index contributed by atoms with van der Waals surface area (Å²) in [6.45, 7) is 7.38. The number of methoxy groups -OCH3 is 1. The Morgan fingerprint density at radius 2 is 1.78 bits per heavy atom. The average molecular weight is 249 g/mol. The molecule has 0 atom stereocenters. The van der Waals surface area contributed by atoms with Crippen LogP contribution in [0.15, 0.2) is 30.3 Å². The quantitative estimate of drug-likeness (QED) is 0.678. The summed E-state index contributed by atoms with van der Waals surface area (Å²) in [5, 5.41) is 3.52. The van der Waals surface area contributed by atoms with E-state index >= 15 is 0 Å². The summed E-state index contributed by atoms with van der Waals surface area (Å²) in [6.07, 6.45) is 3.57. The lowest BCUT2D eigenvalue weighted by atomic mass is 9.77. The molecule has 0 heterocycles. The van der Waals surface area contributed by atoms with Gasteiger partial charge in [-0.25, -0.2) is 0 Å². The van der Waals surface area contributed by atoms with E-state index in [9.17, 15) is 0 Å². The number of benzene rings is 1. The third-order valence-corrected chi connectivity index (χ3v) is 3.90. The Labute approximate surface area is 112 Å². The summed E-state index contributed by atoms with van der Waals surface area (Å²) in [5.74, 6) is 0. The number of hydrogen-bond acceptors (Lipinski definition) is 2. The van der Waals surface area contributed by atoms with Crippen molar-refractivity contribution in [2.24, 2.45) is 5.41 Å². The highest BCUT2D eigenvalue weighted by Crippen LogP contribution is 2.30. The molecule has 0 aromatic heterocycles. The van der Waals surface area contributed by atoms with Gasteiger partial charge in [0.1, 0.15) is 0 Å². The van der Waals surface area contributed by atoms with Crippen molar-refractivity contribution < 1.29 is 4.74 Å². The van der Waals surface area contributed by atoms with Crippen LogP contribution < -0.4 is 5.32 Å². The van der Waals surface area contributed by atoms with Crippen molar-refractivity contribution in [3.8, 4) is 0 Å². The van der Waals surface area contributed by atoms with Gasteiger partial charge in [0, 0.05) is 20.2 Å². The van der Waals surface area contributed by atoms with Crippen LogP contribution in [0.5, 0.6) is 0 Å². The Bertz CT molecular complexity index is 306. The predicted octanol–water partition coefficient (Wildman–Crippen LogP) is 3.27. The Morgan fingerprint density at radius 3 is 2.33 bits per heavy atom. The Balaban J connectivity index is 2.56. The van der Waals surface area contributed by atoms with E-state index in [1.165, 1.54) is 18.4 Å². The molecular formula is C16H27NO. The Hall–Kier alpha value is -0.860. The minimum atomic E-state index is 0.370. The van der Waals surface area contributed by atoms with Crippen molar-refractivity contribution in [2.45, 2.75) is 33.1 Å². The van der Waals surface area contributed by atoms with E-state index in [1.54, 1.807) is 7.11 Å². The molecule has 1 aromatic carbocycles. The lowest BCUT2D eigenvalue weighted by molar-refractivity contribution is 0.185. The van der Waals surface area contributed by atoms with Crippen LogP contribution in [-0.2, 0) is 11.2 Å². The molecule has 2 nitrogen and oxygen atoms in total. The number of hydrogen-bond donors (Lipinski definition) is 1. The van der Waals surface area contributed by atoms with E-state index in [-0.39, 0.29) is 0 Å². The molecule has 0 aliphatic rings. The van der Waals surface area contributed by atoms with Gasteiger partial charge < -0.3 is 10.1 Å². The van der Waals surface area contributed by atoms with Crippen LogP contribution in [0.3, 0.4) is 0 Å². The van der Waals surface area contributed by atoms with E-state index in [2.05, 4.69) is 49.5 Å². The van der Waals surface area contributed by atoms with E-state index in [0.717, 1.165) is 26.1 Å². The molecule has 0 radical (unpaired) electrons. The molecule has 1 aromatic rings. The molecule has 2 heteroatoms. The molecule has 0 saturated carbocycles. The van der Waals surface area contributed by atoms with Crippen LogP contribution in [0.1, 0.15) is 32.3 Å². The summed E-state index contributed by atoms with van der Waals surface area (Å²) in [6, 6.07) is 10.8. The molecule has 0 aliphatic carbocycles. The second-order valence-electron chi connectivity index (χ2n) is 5.04. The molecule has 0 unspecified atom stereocenters. The van der Waals surface area contributed by atoms with Crippen LogP contribution in [0.25, 0.3) is 0 Å². The SMILES string of the molecule is CCC(CC)(CNCCOC)Cc1ccccc1. The van der Waals surface area contributed by atoms with Gasteiger partial charge in [0.05, 0.1) is 6.61 Å². The fraction of sp³-hybridized carbons (Fsp3) is 0.625. The Kier molecular flexibility index (Phi) is 6.99. The lowest BCUT2D eigenvalue weighted by Gasteiger charge is -2.32. The molecule has 102 valence electrons. The van der Waals surface area contributed by atoms with Crippen molar-refractivity contribution in [1.82, 2.24) is 5.32 Å². The second kappa shape index (κ2) is 8.28. The largest absolute Gasteiger partial charge is 0.383 e. The average Bonchev–Trinajstić information content (AvgIpc) is 2.43. The highest BCUT2D eigenvalue weighted by molar-refractivity contribution is 5.16. The number of ether oxygens (including phenoxy) is 1. The monoisotopic (exact) mass is 249 g/mol. The van der Waals surface area contributed by atoms with Gasteiger partial charge in [-0.1, -0.05) is 44.2 Å². The minimum Gasteiger partial charge on any atom is -0.383 e. The van der Waals surface area contributed by atoms with E-state index < -0.39 is 0 Å². The molecule has 0 bridgehead atoms. The zero-order chi connectivity index (χ0) is 13.3. The Morgan fingerprint density at radius 1 is 1.11 bits per heavy atom. The topological polar surface area (TPSA) is 21.3 Å². The molecule has 0 amide bonds. The number of rotatable bonds is 9. The maximum Gasteiger partial charge on any atom is 0.0587 e. The van der Waals surface area contributed by atoms with E-state index in [1.807, 2.05) is 0 Å². The fourth-order valence-electron chi connectivity index (χ4n) is 2.37. The zero-order valence-corrected chi connectivity index (χ0v) is 12.0. The summed E-state index contributed by atoms with van der Waals surface area (Å²) >= 11 is 0. The van der Waals surface area contributed by atoms with Gasteiger partial charge in [0.25, 0.3) is 0 Å². The van der Waals surface area contributed by atoms with Gasteiger partial charge in [0.15, 0.2) is 0 Å². The smallest absolute Gasteiger partial charge is 0.0587 e. The second-order valence-corrected chi connectivity index (χ2v) is 5.04. The lowest BCUT2D eigenvalue weighted by Crippen LogP contribution is -2.36. The van der Waals surface area contributed by atoms with Crippen LogP contribution in [-0.4, -0.2) is 26.8 Å².